The maximum Gasteiger partial charge on any atom is 0.279 e. The second-order valence-electron chi connectivity index (χ2n) is 4.96. The van der Waals surface area contributed by atoms with Crippen molar-refractivity contribution in [1.82, 2.24) is 0 Å². The van der Waals surface area contributed by atoms with Crippen molar-refractivity contribution in [3.05, 3.63) is 63.9 Å². The van der Waals surface area contributed by atoms with Gasteiger partial charge in [-0.15, -0.1) is 0 Å². The number of carbonyl (C=O) groups excluding carboxylic acids is 1. The van der Waals surface area contributed by atoms with Gasteiger partial charge in [-0.2, -0.15) is 0 Å². The van der Waals surface area contributed by atoms with Gasteiger partial charge in [0.2, 0.25) is 0 Å². The standard InChI is InChI=1S/C16H15Cl2FN2O/c1-10(11-3-2-4-12(17)7-11)20-9-16(22)21-13-5-6-15(19)14(18)8-13/h2-8,10,20H,9H2,1H3,(H,21,22)/p+1/t10-/m0/s1. The fourth-order valence-electron chi connectivity index (χ4n) is 2.00. The Labute approximate surface area is 138 Å². The molecular formula is C16H16Cl2FN2O+. The third-order valence-electron chi connectivity index (χ3n) is 3.23. The number of hydrogen-bond donors (Lipinski definition) is 2. The molecule has 3 N–H and O–H groups in total. The lowest BCUT2D eigenvalue weighted by molar-refractivity contribution is -0.682. The number of amides is 1. The number of rotatable bonds is 5. The van der Waals surface area contributed by atoms with E-state index in [1.807, 2.05) is 36.5 Å². The zero-order valence-corrected chi connectivity index (χ0v) is 13.5. The normalized spacial score (nSPS) is 12.0. The van der Waals surface area contributed by atoms with Crippen LogP contribution in [0.25, 0.3) is 0 Å². The molecule has 0 saturated heterocycles. The molecule has 6 heteroatoms. The van der Waals surface area contributed by atoms with E-state index in [0.717, 1.165) is 5.56 Å². The molecule has 0 heterocycles. The zero-order chi connectivity index (χ0) is 16.1. The first-order chi connectivity index (χ1) is 10.5. The first-order valence-corrected chi connectivity index (χ1v) is 7.55. The van der Waals surface area contributed by atoms with Crippen LogP contribution in [0.3, 0.4) is 0 Å². The molecular weight excluding hydrogens is 326 g/mol. The number of nitrogens with two attached hydrogens (primary N) is 1. The van der Waals surface area contributed by atoms with Gasteiger partial charge >= 0.3 is 0 Å². The molecule has 0 fully saturated rings. The number of halogens is 3. The summed E-state index contributed by atoms with van der Waals surface area (Å²) >= 11 is 11.6. The van der Waals surface area contributed by atoms with E-state index in [1.54, 1.807) is 0 Å². The molecule has 2 rings (SSSR count). The van der Waals surface area contributed by atoms with Gasteiger partial charge in [0, 0.05) is 16.3 Å². The third kappa shape index (κ3) is 4.70. The van der Waals surface area contributed by atoms with Gasteiger partial charge in [-0.25, -0.2) is 4.39 Å². The van der Waals surface area contributed by atoms with Gasteiger partial charge in [0.1, 0.15) is 11.9 Å². The minimum atomic E-state index is -0.513. The van der Waals surface area contributed by atoms with Crippen LogP contribution in [0.5, 0.6) is 0 Å². The summed E-state index contributed by atoms with van der Waals surface area (Å²) in [6.07, 6.45) is 0. The first-order valence-electron chi connectivity index (χ1n) is 6.79. The van der Waals surface area contributed by atoms with E-state index in [0.29, 0.717) is 10.7 Å². The molecule has 1 atom stereocenters. The minimum absolute atomic E-state index is 0.0194. The lowest BCUT2D eigenvalue weighted by Crippen LogP contribution is -2.86. The van der Waals surface area contributed by atoms with Crippen LogP contribution in [-0.2, 0) is 4.79 Å². The molecule has 0 aromatic heterocycles. The number of quaternary nitrogens is 1. The van der Waals surface area contributed by atoms with Crippen LogP contribution in [0.4, 0.5) is 10.1 Å². The molecule has 116 valence electrons. The summed E-state index contributed by atoms with van der Waals surface area (Å²) in [5.41, 5.74) is 1.52. The Balaban J connectivity index is 1.88. The van der Waals surface area contributed by atoms with Gasteiger partial charge in [-0.1, -0.05) is 35.3 Å². The van der Waals surface area contributed by atoms with E-state index in [1.165, 1.54) is 18.2 Å². The highest BCUT2D eigenvalue weighted by molar-refractivity contribution is 6.31. The molecule has 2 aromatic carbocycles. The van der Waals surface area contributed by atoms with Crippen molar-refractivity contribution in [3.63, 3.8) is 0 Å². The third-order valence-corrected chi connectivity index (χ3v) is 3.76. The monoisotopic (exact) mass is 341 g/mol. The highest BCUT2D eigenvalue weighted by atomic mass is 35.5. The maximum absolute atomic E-state index is 13.0. The Morgan fingerprint density at radius 1 is 1.27 bits per heavy atom. The van der Waals surface area contributed by atoms with Gasteiger partial charge in [0.15, 0.2) is 6.54 Å². The van der Waals surface area contributed by atoms with Crippen LogP contribution in [0.1, 0.15) is 18.5 Å². The Kier molecular flexibility index (Phi) is 5.77. The summed E-state index contributed by atoms with van der Waals surface area (Å²) in [6.45, 7) is 2.23. The summed E-state index contributed by atoms with van der Waals surface area (Å²) < 4.78 is 13.0. The van der Waals surface area contributed by atoms with Crippen molar-refractivity contribution in [3.8, 4) is 0 Å². The molecule has 3 nitrogen and oxygen atoms in total. The molecule has 0 spiro atoms. The number of nitrogens with one attached hydrogen (secondary N) is 1. The van der Waals surface area contributed by atoms with Crippen LogP contribution in [0, 0.1) is 5.82 Å². The predicted molar refractivity (Wildman–Crippen MR) is 86.7 cm³/mol. The highest BCUT2D eigenvalue weighted by Gasteiger charge is 2.12. The van der Waals surface area contributed by atoms with Gasteiger partial charge in [-0.05, 0) is 37.3 Å². The molecule has 22 heavy (non-hydrogen) atoms. The van der Waals surface area contributed by atoms with E-state index >= 15 is 0 Å². The van der Waals surface area contributed by atoms with Crippen molar-refractivity contribution >= 4 is 34.8 Å². The summed E-state index contributed by atoms with van der Waals surface area (Å²) in [5.74, 6) is -0.697. The predicted octanol–water partition coefficient (Wildman–Crippen LogP) is 3.40. The van der Waals surface area contributed by atoms with E-state index in [-0.39, 0.29) is 23.5 Å². The maximum atomic E-state index is 13.0. The number of hydrogen-bond acceptors (Lipinski definition) is 1. The molecule has 0 bridgehead atoms. The van der Waals surface area contributed by atoms with E-state index in [4.69, 9.17) is 23.2 Å². The lowest BCUT2D eigenvalue weighted by atomic mass is 10.1. The Bertz CT molecular complexity index is 679. The van der Waals surface area contributed by atoms with E-state index in [2.05, 4.69) is 5.32 Å². The van der Waals surface area contributed by atoms with Gasteiger partial charge in [-0.3, -0.25) is 4.79 Å². The Morgan fingerprint density at radius 2 is 2.05 bits per heavy atom. The number of benzene rings is 2. The van der Waals surface area contributed by atoms with E-state index in [9.17, 15) is 9.18 Å². The fraction of sp³-hybridized carbons (Fsp3) is 0.188. The van der Waals surface area contributed by atoms with Crippen LogP contribution < -0.4 is 10.6 Å². The van der Waals surface area contributed by atoms with Crippen molar-refractivity contribution < 1.29 is 14.5 Å². The quantitative estimate of drug-likeness (QED) is 0.860. The van der Waals surface area contributed by atoms with Crippen LogP contribution in [0.15, 0.2) is 42.5 Å². The topological polar surface area (TPSA) is 45.7 Å². The molecule has 0 radical (unpaired) electrons. The number of carbonyl (C=O) groups is 1. The average molecular weight is 342 g/mol. The largest absolute Gasteiger partial charge is 0.333 e. The second-order valence-corrected chi connectivity index (χ2v) is 5.80. The van der Waals surface area contributed by atoms with Crippen LogP contribution >= 0.6 is 23.2 Å². The molecule has 0 aliphatic rings. The highest BCUT2D eigenvalue weighted by Crippen LogP contribution is 2.19. The van der Waals surface area contributed by atoms with E-state index < -0.39 is 5.82 Å². The molecule has 0 aliphatic carbocycles. The van der Waals surface area contributed by atoms with Crippen molar-refractivity contribution in [2.75, 3.05) is 11.9 Å². The van der Waals surface area contributed by atoms with Crippen molar-refractivity contribution in [1.29, 1.82) is 0 Å². The lowest BCUT2D eigenvalue weighted by Gasteiger charge is -2.11. The minimum Gasteiger partial charge on any atom is -0.333 e. The summed E-state index contributed by atoms with van der Waals surface area (Å²) in [5, 5.41) is 5.23. The van der Waals surface area contributed by atoms with Crippen molar-refractivity contribution in [2.24, 2.45) is 0 Å². The summed E-state index contributed by atoms with van der Waals surface area (Å²) in [7, 11) is 0. The molecule has 1 amide bonds. The summed E-state index contributed by atoms with van der Waals surface area (Å²) in [4.78, 5) is 11.9. The molecule has 2 aromatic rings. The number of anilines is 1. The van der Waals surface area contributed by atoms with Gasteiger partial charge in [0.25, 0.3) is 5.91 Å². The Morgan fingerprint density at radius 3 is 2.73 bits per heavy atom. The Hall–Kier alpha value is -1.62. The van der Waals surface area contributed by atoms with Crippen LogP contribution in [-0.4, -0.2) is 12.5 Å². The second kappa shape index (κ2) is 7.58. The first kappa shape index (κ1) is 16.7. The zero-order valence-electron chi connectivity index (χ0n) is 11.9. The van der Waals surface area contributed by atoms with Crippen LogP contribution in [0.2, 0.25) is 10.0 Å². The smallest absolute Gasteiger partial charge is 0.279 e. The van der Waals surface area contributed by atoms with Gasteiger partial charge < -0.3 is 10.6 Å². The SMILES string of the molecule is C[C@H]([NH2+]CC(=O)Nc1ccc(F)c(Cl)c1)c1cccc(Cl)c1. The van der Waals surface area contributed by atoms with Crippen molar-refractivity contribution in [2.45, 2.75) is 13.0 Å². The molecule has 0 aliphatic heterocycles. The molecule has 0 saturated carbocycles. The summed E-state index contributed by atoms with van der Waals surface area (Å²) in [6, 6.07) is 11.7. The molecule has 0 unspecified atom stereocenters. The fourth-order valence-corrected chi connectivity index (χ4v) is 2.37. The van der Waals surface area contributed by atoms with Gasteiger partial charge in [0.05, 0.1) is 5.02 Å². The average Bonchev–Trinajstić information content (AvgIpc) is 2.48.